The number of rotatable bonds is 7. The Kier molecular flexibility index (Phi) is 6.17. The lowest BCUT2D eigenvalue weighted by Gasteiger charge is -2.13. The predicted molar refractivity (Wildman–Crippen MR) is 86.0 cm³/mol. The standard InChI is InChI=1S/C14H23N3O3S/c1-5-15-11(3)9-14(18)16-12-6-7-13(10(2)8-12)17-21(4,19)20/h6-8,11,15,17H,5,9H2,1-4H3,(H,16,18). The molecule has 21 heavy (non-hydrogen) atoms. The summed E-state index contributed by atoms with van der Waals surface area (Å²) in [6.07, 6.45) is 1.49. The van der Waals surface area contributed by atoms with E-state index in [4.69, 9.17) is 0 Å². The topological polar surface area (TPSA) is 87.3 Å². The highest BCUT2D eigenvalue weighted by Crippen LogP contribution is 2.20. The minimum absolute atomic E-state index is 0.0772. The van der Waals surface area contributed by atoms with Gasteiger partial charge in [0.2, 0.25) is 15.9 Å². The summed E-state index contributed by atoms with van der Waals surface area (Å²) in [5.74, 6) is -0.0772. The van der Waals surface area contributed by atoms with E-state index in [0.29, 0.717) is 17.8 Å². The maximum atomic E-state index is 11.9. The summed E-state index contributed by atoms with van der Waals surface area (Å²) in [6, 6.07) is 5.17. The number of amides is 1. The van der Waals surface area contributed by atoms with Crippen LogP contribution in [-0.2, 0) is 14.8 Å². The lowest BCUT2D eigenvalue weighted by atomic mass is 10.1. The fourth-order valence-electron chi connectivity index (χ4n) is 1.97. The van der Waals surface area contributed by atoms with Crippen LogP contribution in [0.1, 0.15) is 25.8 Å². The molecule has 1 atom stereocenters. The Hall–Kier alpha value is -1.60. The number of benzene rings is 1. The average Bonchev–Trinajstić information content (AvgIpc) is 2.31. The summed E-state index contributed by atoms with van der Waals surface area (Å²) in [5.41, 5.74) is 1.91. The molecule has 7 heteroatoms. The lowest BCUT2D eigenvalue weighted by Crippen LogP contribution is -2.30. The molecule has 1 unspecified atom stereocenters. The Morgan fingerprint density at radius 1 is 1.33 bits per heavy atom. The Labute approximate surface area is 126 Å². The highest BCUT2D eigenvalue weighted by atomic mass is 32.2. The van der Waals surface area contributed by atoms with Crippen molar-refractivity contribution in [2.24, 2.45) is 0 Å². The van der Waals surface area contributed by atoms with E-state index in [2.05, 4.69) is 15.4 Å². The normalized spacial score (nSPS) is 12.8. The number of nitrogens with one attached hydrogen (secondary N) is 3. The fraction of sp³-hybridized carbons (Fsp3) is 0.500. The Morgan fingerprint density at radius 3 is 2.52 bits per heavy atom. The Morgan fingerprint density at radius 2 is 2.00 bits per heavy atom. The SMILES string of the molecule is CCNC(C)CC(=O)Nc1ccc(NS(C)(=O)=O)c(C)c1. The van der Waals surface area contributed by atoms with Gasteiger partial charge < -0.3 is 10.6 Å². The molecule has 0 heterocycles. The van der Waals surface area contributed by atoms with Crippen molar-refractivity contribution in [2.45, 2.75) is 33.2 Å². The van der Waals surface area contributed by atoms with Crippen molar-refractivity contribution in [2.75, 3.05) is 22.8 Å². The molecule has 0 saturated carbocycles. The van der Waals surface area contributed by atoms with Crippen LogP contribution in [0.3, 0.4) is 0 Å². The average molecular weight is 313 g/mol. The van der Waals surface area contributed by atoms with Crippen LogP contribution in [0.15, 0.2) is 18.2 Å². The van der Waals surface area contributed by atoms with Gasteiger partial charge in [-0.2, -0.15) is 0 Å². The monoisotopic (exact) mass is 313 g/mol. The summed E-state index contributed by atoms with van der Waals surface area (Å²) < 4.78 is 24.8. The van der Waals surface area contributed by atoms with Gasteiger partial charge in [0.25, 0.3) is 0 Å². The van der Waals surface area contributed by atoms with Crippen LogP contribution < -0.4 is 15.4 Å². The summed E-state index contributed by atoms with van der Waals surface area (Å²) in [5, 5.41) is 5.98. The van der Waals surface area contributed by atoms with E-state index < -0.39 is 10.0 Å². The van der Waals surface area contributed by atoms with Gasteiger partial charge in [-0.3, -0.25) is 9.52 Å². The smallest absolute Gasteiger partial charge is 0.229 e. The maximum absolute atomic E-state index is 11.9. The van der Waals surface area contributed by atoms with Gasteiger partial charge in [-0.1, -0.05) is 6.92 Å². The van der Waals surface area contributed by atoms with Gasteiger partial charge in [0.05, 0.1) is 11.9 Å². The van der Waals surface area contributed by atoms with Gasteiger partial charge in [-0.05, 0) is 44.2 Å². The highest BCUT2D eigenvalue weighted by molar-refractivity contribution is 7.92. The van der Waals surface area contributed by atoms with Crippen molar-refractivity contribution in [1.29, 1.82) is 0 Å². The van der Waals surface area contributed by atoms with Gasteiger partial charge in [0.15, 0.2) is 0 Å². The van der Waals surface area contributed by atoms with Crippen LogP contribution in [0.25, 0.3) is 0 Å². The Balaban J connectivity index is 2.69. The zero-order chi connectivity index (χ0) is 16.0. The van der Waals surface area contributed by atoms with Crippen molar-refractivity contribution in [3.8, 4) is 0 Å². The van der Waals surface area contributed by atoms with Crippen molar-refractivity contribution in [1.82, 2.24) is 5.32 Å². The molecule has 0 radical (unpaired) electrons. The number of hydrogen-bond acceptors (Lipinski definition) is 4. The minimum Gasteiger partial charge on any atom is -0.326 e. The summed E-state index contributed by atoms with van der Waals surface area (Å²) in [7, 11) is -3.30. The second-order valence-electron chi connectivity index (χ2n) is 5.11. The first-order valence-electron chi connectivity index (χ1n) is 6.83. The lowest BCUT2D eigenvalue weighted by molar-refractivity contribution is -0.116. The number of hydrogen-bond donors (Lipinski definition) is 3. The summed E-state index contributed by atoms with van der Waals surface area (Å²) in [4.78, 5) is 11.9. The first kappa shape index (κ1) is 17.5. The third kappa shape index (κ3) is 6.59. The molecule has 0 aliphatic heterocycles. The molecule has 0 aliphatic carbocycles. The van der Waals surface area contributed by atoms with E-state index in [1.807, 2.05) is 13.8 Å². The first-order chi connectivity index (χ1) is 9.71. The molecule has 0 aromatic heterocycles. The van der Waals surface area contributed by atoms with Gasteiger partial charge >= 0.3 is 0 Å². The summed E-state index contributed by atoms with van der Waals surface area (Å²) >= 11 is 0. The van der Waals surface area contributed by atoms with Gasteiger partial charge in [0, 0.05) is 18.2 Å². The molecule has 1 rings (SSSR count). The van der Waals surface area contributed by atoms with Crippen molar-refractivity contribution in [3.63, 3.8) is 0 Å². The molecule has 6 nitrogen and oxygen atoms in total. The maximum Gasteiger partial charge on any atom is 0.229 e. The van der Waals surface area contributed by atoms with Crippen LogP contribution in [0.5, 0.6) is 0 Å². The second-order valence-corrected chi connectivity index (χ2v) is 6.86. The number of aryl methyl sites for hydroxylation is 1. The zero-order valence-electron chi connectivity index (χ0n) is 12.9. The molecule has 0 saturated heterocycles. The van der Waals surface area contributed by atoms with Crippen molar-refractivity contribution < 1.29 is 13.2 Å². The molecule has 3 N–H and O–H groups in total. The zero-order valence-corrected chi connectivity index (χ0v) is 13.7. The molecule has 1 aromatic carbocycles. The number of sulfonamides is 1. The van der Waals surface area contributed by atoms with Crippen molar-refractivity contribution >= 4 is 27.3 Å². The third-order valence-electron chi connectivity index (χ3n) is 2.85. The number of carbonyl (C=O) groups excluding carboxylic acids is 1. The van der Waals surface area contributed by atoms with Gasteiger partial charge in [-0.15, -0.1) is 0 Å². The van der Waals surface area contributed by atoms with Gasteiger partial charge in [0.1, 0.15) is 0 Å². The highest BCUT2D eigenvalue weighted by Gasteiger charge is 2.10. The molecule has 1 amide bonds. The van der Waals surface area contributed by atoms with Gasteiger partial charge in [-0.25, -0.2) is 8.42 Å². The summed E-state index contributed by atoms with van der Waals surface area (Å²) in [6.45, 7) is 6.54. The number of carbonyl (C=O) groups is 1. The van der Waals surface area contributed by atoms with Crippen LogP contribution in [-0.4, -0.2) is 33.2 Å². The Bertz CT molecular complexity index is 599. The molecule has 0 aliphatic rings. The second kappa shape index (κ2) is 7.42. The van der Waals surface area contributed by atoms with Crippen molar-refractivity contribution in [3.05, 3.63) is 23.8 Å². The molecule has 0 fully saturated rings. The quantitative estimate of drug-likeness (QED) is 0.715. The predicted octanol–water partition coefficient (Wildman–Crippen LogP) is 1.69. The van der Waals surface area contributed by atoms with E-state index in [1.165, 1.54) is 0 Å². The number of anilines is 2. The van der Waals surface area contributed by atoms with E-state index in [0.717, 1.165) is 18.4 Å². The first-order valence-corrected chi connectivity index (χ1v) is 8.72. The van der Waals surface area contributed by atoms with Crippen LogP contribution in [0.4, 0.5) is 11.4 Å². The minimum atomic E-state index is -3.30. The van der Waals surface area contributed by atoms with E-state index in [1.54, 1.807) is 25.1 Å². The largest absolute Gasteiger partial charge is 0.326 e. The molecule has 0 spiro atoms. The molecular formula is C14H23N3O3S. The molecule has 0 bridgehead atoms. The van der Waals surface area contributed by atoms with Crippen LogP contribution in [0, 0.1) is 6.92 Å². The van der Waals surface area contributed by atoms with Crippen LogP contribution in [0.2, 0.25) is 0 Å². The van der Waals surface area contributed by atoms with E-state index >= 15 is 0 Å². The molecular weight excluding hydrogens is 290 g/mol. The molecule has 118 valence electrons. The van der Waals surface area contributed by atoms with E-state index in [9.17, 15) is 13.2 Å². The molecule has 1 aromatic rings. The fourth-order valence-corrected chi connectivity index (χ4v) is 2.59. The third-order valence-corrected chi connectivity index (χ3v) is 3.44. The van der Waals surface area contributed by atoms with Crippen LogP contribution >= 0.6 is 0 Å². The van der Waals surface area contributed by atoms with E-state index in [-0.39, 0.29) is 11.9 Å².